The first-order valence-electron chi connectivity index (χ1n) is 6.99. The molecule has 3 aromatic rings. The summed E-state index contributed by atoms with van der Waals surface area (Å²) < 4.78 is 13.4. The number of carbonyl (C=O) groups excluding carboxylic acids is 1. The molecule has 0 atom stereocenters. The molecular weight excluding hydrogens is 351 g/mol. The molecule has 2 aromatic heterocycles. The number of aromatic nitrogens is 3. The zero-order valence-electron chi connectivity index (χ0n) is 12.6. The average Bonchev–Trinajstić information content (AvgIpc) is 2.86. The van der Waals surface area contributed by atoms with Gasteiger partial charge in [-0.2, -0.15) is 0 Å². The van der Waals surface area contributed by atoms with Gasteiger partial charge in [0.05, 0.1) is 16.3 Å². The maximum absolute atomic E-state index is 13.4. The Labute approximate surface area is 146 Å². The van der Waals surface area contributed by atoms with Crippen molar-refractivity contribution in [1.29, 1.82) is 0 Å². The molecule has 2 heterocycles. The Morgan fingerprint density at radius 2 is 2.04 bits per heavy atom. The zero-order valence-corrected chi connectivity index (χ0v) is 14.2. The van der Waals surface area contributed by atoms with Crippen LogP contribution in [0.5, 0.6) is 0 Å². The van der Waals surface area contributed by atoms with Gasteiger partial charge in [-0.3, -0.25) is 4.79 Å². The number of aryl methyl sites for hydroxylation is 1. The van der Waals surface area contributed by atoms with Crippen molar-refractivity contribution in [3.8, 4) is 0 Å². The molecule has 0 aliphatic carbocycles. The van der Waals surface area contributed by atoms with Crippen molar-refractivity contribution in [2.75, 3.05) is 5.32 Å². The summed E-state index contributed by atoms with van der Waals surface area (Å²) in [5.41, 5.74) is 1.79. The maximum atomic E-state index is 13.4. The number of halogens is 2. The highest BCUT2D eigenvalue weighted by Crippen LogP contribution is 2.27. The summed E-state index contributed by atoms with van der Waals surface area (Å²) in [6, 6.07) is 4.37. The average molecular weight is 363 g/mol. The molecule has 0 radical (unpaired) electrons. The highest BCUT2D eigenvalue weighted by molar-refractivity contribution is 7.16. The van der Waals surface area contributed by atoms with Crippen LogP contribution < -0.4 is 5.32 Å². The van der Waals surface area contributed by atoms with E-state index < -0.39 is 0 Å². The van der Waals surface area contributed by atoms with Crippen LogP contribution in [0.1, 0.15) is 26.6 Å². The summed E-state index contributed by atoms with van der Waals surface area (Å²) in [6.45, 7) is 1.80. The van der Waals surface area contributed by atoms with E-state index in [2.05, 4.69) is 20.3 Å². The van der Waals surface area contributed by atoms with Crippen molar-refractivity contribution in [2.24, 2.45) is 0 Å². The lowest BCUT2D eigenvalue weighted by molar-refractivity contribution is 0.102. The number of nitrogens with zero attached hydrogens (tertiary/aromatic N) is 3. The Morgan fingerprint density at radius 1 is 1.29 bits per heavy atom. The molecule has 0 aliphatic rings. The standard InChI is InChI=1S/C16H12ClFN4OS/c1-9-16(22-15(23)11-6-19-8-20-7-11)24-14(21-9)4-10-2-12(17)5-13(18)3-10/h2-3,5-8H,4H2,1H3,(H,22,23). The van der Waals surface area contributed by atoms with Crippen LogP contribution in [0, 0.1) is 12.7 Å². The SMILES string of the molecule is Cc1nc(Cc2cc(F)cc(Cl)c2)sc1NC(=O)c1cncnc1. The third-order valence-electron chi connectivity index (χ3n) is 3.17. The second kappa shape index (κ2) is 7.02. The number of amides is 1. The number of benzene rings is 1. The molecule has 8 heteroatoms. The summed E-state index contributed by atoms with van der Waals surface area (Å²) >= 11 is 7.20. The summed E-state index contributed by atoms with van der Waals surface area (Å²) in [7, 11) is 0. The van der Waals surface area contributed by atoms with E-state index in [-0.39, 0.29) is 11.7 Å². The van der Waals surface area contributed by atoms with Crippen LogP contribution in [-0.4, -0.2) is 20.9 Å². The largest absolute Gasteiger partial charge is 0.312 e. The van der Waals surface area contributed by atoms with Crippen molar-refractivity contribution in [2.45, 2.75) is 13.3 Å². The fourth-order valence-electron chi connectivity index (χ4n) is 2.12. The van der Waals surface area contributed by atoms with Gasteiger partial charge in [0.2, 0.25) is 0 Å². The molecule has 0 fully saturated rings. The Kier molecular flexibility index (Phi) is 4.82. The molecule has 1 aromatic carbocycles. The molecule has 1 N–H and O–H groups in total. The van der Waals surface area contributed by atoms with Gasteiger partial charge in [0.25, 0.3) is 5.91 Å². The van der Waals surface area contributed by atoms with Crippen LogP contribution >= 0.6 is 22.9 Å². The number of anilines is 1. The van der Waals surface area contributed by atoms with Gasteiger partial charge < -0.3 is 5.32 Å². The molecule has 0 saturated carbocycles. The van der Waals surface area contributed by atoms with Gasteiger partial charge in [0, 0.05) is 23.8 Å². The molecular formula is C16H12ClFN4OS. The van der Waals surface area contributed by atoms with Crippen LogP contribution in [0.25, 0.3) is 0 Å². The van der Waals surface area contributed by atoms with E-state index in [0.29, 0.717) is 27.7 Å². The Bertz CT molecular complexity index is 865. The first kappa shape index (κ1) is 16.5. The third-order valence-corrected chi connectivity index (χ3v) is 4.46. The van der Waals surface area contributed by atoms with Crippen molar-refractivity contribution < 1.29 is 9.18 Å². The molecule has 122 valence electrons. The van der Waals surface area contributed by atoms with E-state index in [1.54, 1.807) is 13.0 Å². The van der Waals surface area contributed by atoms with Gasteiger partial charge in [-0.25, -0.2) is 19.3 Å². The molecule has 1 amide bonds. The third kappa shape index (κ3) is 3.93. The fourth-order valence-corrected chi connectivity index (χ4v) is 3.36. The minimum absolute atomic E-state index is 0.303. The molecule has 0 spiro atoms. The summed E-state index contributed by atoms with van der Waals surface area (Å²) in [5.74, 6) is -0.689. The van der Waals surface area contributed by atoms with E-state index in [9.17, 15) is 9.18 Å². The molecule has 0 unspecified atom stereocenters. The van der Waals surface area contributed by atoms with Gasteiger partial charge in [-0.15, -0.1) is 11.3 Å². The van der Waals surface area contributed by atoms with Crippen molar-refractivity contribution in [1.82, 2.24) is 15.0 Å². The van der Waals surface area contributed by atoms with E-state index >= 15 is 0 Å². The normalized spacial score (nSPS) is 10.6. The second-order valence-electron chi connectivity index (χ2n) is 5.06. The minimum Gasteiger partial charge on any atom is -0.312 e. The molecule has 3 rings (SSSR count). The lowest BCUT2D eigenvalue weighted by atomic mass is 10.1. The first-order valence-corrected chi connectivity index (χ1v) is 8.18. The van der Waals surface area contributed by atoms with Gasteiger partial charge in [-0.1, -0.05) is 11.6 Å². The predicted octanol–water partition coefficient (Wildman–Crippen LogP) is 3.88. The Balaban J connectivity index is 1.76. The summed E-state index contributed by atoms with van der Waals surface area (Å²) in [5, 5.41) is 4.53. The fraction of sp³-hybridized carbons (Fsp3) is 0.125. The van der Waals surface area contributed by atoms with E-state index in [1.165, 1.54) is 42.2 Å². The molecule has 0 bridgehead atoms. The number of carbonyl (C=O) groups is 1. The highest BCUT2D eigenvalue weighted by Gasteiger charge is 2.13. The van der Waals surface area contributed by atoms with Gasteiger partial charge in [0.1, 0.15) is 17.1 Å². The van der Waals surface area contributed by atoms with Crippen molar-refractivity contribution >= 4 is 33.8 Å². The number of rotatable bonds is 4. The zero-order chi connectivity index (χ0) is 17.1. The topological polar surface area (TPSA) is 67.8 Å². The molecule has 0 saturated heterocycles. The van der Waals surface area contributed by atoms with Crippen LogP contribution in [0.3, 0.4) is 0 Å². The maximum Gasteiger partial charge on any atom is 0.259 e. The lowest BCUT2D eigenvalue weighted by Crippen LogP contribution is -2.12. The summed E-state index contributed by atoms with van der Waals surface area (Å²) in [4.78, 5) is 24.2. The number of hydrogen-bond acceptors (Lipinski definition) is 5. The van der Waals surface area contributed by atoms with Crippen molar-refractivity contribution in [3.63, 3.8) is 0 Å². The van der Waals surface area contributed by atoms with E-state index in [1.807, 2.05) is 0 Å². The monoisotopic (exact) mass is 362 g/mol. The number of nitrogens with one attached hydrogen (secondary N) is 1. The Morgan fingerprint density at radius 3 is 2.75 bits per heavy atom. The van der Waals surface area contributed by atoms with Crippen LogP contribution in [0.4, 0.5) is 9.39 Å². The number of thiazole rings is 1. The first-order chi connectivity index (χ1) is 11.5. The van der Waals surface area contributed by atoms with Gasteiger partial charge in [-0.05, 0) is 30.7 Å². The quantitative estimate of drug-likeness (QED) is 0.764. The lowest BCUT2D eigenvalue weighted by Gasteiger charge is -2.02. The highest BCUT2D eigenvalue weighted by atomic mass is 35.5. The van der Waals surface area contributed by atoms with Gasteiger partial charge >= 0.3 is 0 Å². The smallest absolute Gasteiger partial charge is 0.259 e. The predicted molar refractivity (Wildman–Crippen MR) is 91.1 cm³/mol. The van der Waals surface area contributed by atoms with Crippen LogP contribution in [0.15, 0.2) is 36.9 Å². The van der Waals surface area contributed by atoms with Gasteiger partial charge in [0.15, 0.2) is 0 Å². The van der Waals surface area contributed by atoms with E-state index in [0.717, 1.165) is 10.6 Å². The minimum atomic E-state index is -0.386. The molecule has 24 heavy (non-hydrogen) atoms. The summed E-state index contributed by atoms with van der Waals surface area (Å²) in [6.07, 6.45) is 4.67. The van der Waals surface area contributed by atoms with Crippen LogP contribution in [-0.2, 0) is 6.42 Å². The Hall–Kier alpha value is -2.38. The van der Waals surface area contributed by atoms with Crippen LogP contribution in [0.2, 0.25) is 5.02 Å². The molecule has 5 nitrogen and oxygen atoms in total. The second-order valence-corrected chi connectivity index (χ2v) is 6.58. The molecule has 0 aliphatic heterocycles. The number of hydrogen-bond donors (Lipinski definition) is 1. The van der Waals surface area contributed by atoms with Crippen molar-refractivity contribution in [3.05, 3.63) is 69.6 Å². The van der Waals surface area contributed by atoms with E-state index in [4.69, 9.17) is 11.6 Å².